The number of hydrogen-bond acceptors (Lipinski definition) is 2. The summed E-state index contributed by atoms with van der Waals surface area (Å²) in [5.41, 5.74) is 1.30. The molecular weight excluding hydrogens is 252 g/mol. The van der Waals surface area contributed by atoms with E-state index in [1.54, 1.807) is 32.3 Å². The van der Waals surface area contributed by atoms with Crippen LogP contribution < -0.4 is 5.32 Å². The van der Waals surface area contributed by atoms with Crippen molar-refractivity contribution < 1.29 is 9.59 Å². The maximum absolute atomic E-state index is 12.2. The molecule has 0 radical (unpaired) electrons. The highest BCUT2D eigenvalue weighted by Crippen LogP contribution is 2.25. The van der Waals surface area contributed by atoms with Gasteiger partial charge in [0.15, 0.2) is 0 Å². The summed E-state index contributed by atoms with van der Waals surface area (Å²) in [7, 11) is 3.44. The quantitative estimate of drug-likeness (QED) is 0.921. The smallest absolute Gasteiger partial charge is 0.253 e. The molecule has 0 bridgehead atoms. The van der Waals surface area contributed by atoms with E-state index in [2.05, 4.69) is 5.32 Å². The standard InChI is InChI=1S/C16H22N2O2/c1-18(2)16(20)13-9-6-10-14(11-13)17-15(19)12-7-4-3-5-8-12/h6,9-12H,3-5,7-8H2,1-2H3,(H,17,19). The third kappa shape index (κ3) is 3.59. The van der Waals surface area contributed by atoms with Crippen LogP contribution in [0, 0.1) is 5.92 Å². The van der Waals surface area contributed by atoms with Gasteiger partial charge in [0.2, 0.25) is 5.91 Å². The maximum atomic E-state index is 12.2. The van der Waals surface area contributed by atoms with Gasteiger partial charge in [0.1, 0.15) is 0 Å². The van der Waals surface area contributed by atoms with Crippen molar-refractivity contribution in [2.24, 2.45) is 5.92 Å². The molecule has 108 valence electrons. The maximum Gasteiger partial charge on any atom is 0.253 e. The van der Waals surface area contributed by atoms with Crippen LogP contribution in [0.2, 0.25) is 0 Å². The highest BCUT2D eigenvalue weighted by Gasteiger charge is 2.21. The fraction of sp³-hybridized carbons (Fsp3) is 0.500. The zero-order chi connectivity index (χ0) is 14.5. The van der Waals surface area contributed by atoms with Gasteiger partial charge < -0.3 is 10.2 Å². The molecule has 1 aromatic carbocycles. The molecule has 1 fully saturated rings. The van der Waals surface area contributed by atoms with E-state index in [0.29, 0.717) is 11.3 Å². The van der Waals surface area contributed by atoms with E-state index in [4.69, 9.17) is 0 Å². The molecule has 4 nitrogen and oxygen atoms in total. The normalized spacial score (nSPS) is 15.7. The monoisotopic (exact) mass is 274 g/mol. The molecule has 0 heterocycles. The van der Waals surface area contributed by atoms with Crippen LogP contribution in [-0.2, 0) is 4.79 Å². The van der Waals surface area contributed by atoms with E-state index < -0.39 is 0 Å². The van der Waals surface area contributed by atoms with Crippen molar-refractivity contribution >= 4 is 17.5 Å². The zero-order valence-corrected chi connectivity index (χ0v) is 12.2. The van der Waals surface area contributed by atoms with Crippen molar-refractivity contribution in [2.45, 2.75) is 32.1 Å². The fourth-order valence-electron chi connectivity index (χ4n) is 2.60. The van der Waals surface area contributed by atoms with Crippen molar-refractivity contribution in [1.82, 2.24) is 4.90 Å². The second kappa shape index (κ2) is 6.55. The Morgan fingerprint density at radius 3 is 2.50 bits per heavy atom. The van der Waals surface area contributed by atoms with Gasteiger partial charge in [-0.05, 0) is 31.0 Å². The van der Waals surface area contributed by atoms with Gasteiger partial charge >= 0.3 is 0 Å². The topological polar surface area (TPSA) is 49.4 Å². The number of carbonyl (C=O) groups is 2. The van der Waals surface area contributed by atoms with Gasteiger partial charge in [-0.15, -0.1) is 0 Å². The predicted octanol–water partition coefficient (Wildman–Crippen LogP) is 2.91. The summed E-state index contributed by atoms with van der Waals surface area (Å²) < 4.78 is 0. The highest BCUT2D eigenvalue weighted by atomic mass is 16.2. The number of benzene rings is 1. The Morgan fingerprint density at radius 1 is 1.15 bits per heavy atom. The van der Waals surface area contributed by atoms with Crippen LogP contribution in [0.1, 0.15) is 42.5 Å². The van der Waals surface area contributed by atoms with Crippen molar-refractivity contribution in [1.29, 1.82) is 0 Å². The molecule has 1 aliphatic carbocycles. The third-order valence-corrected chi connectivity index (χ3v) is 3.76. The molecule has 0 aromatic heterocycles. The van der Waals surface area contributed by atoms with E-state index in [-0.39, 0.29) is 17.7 Å². The van der Waals surface area contributed by atoms with Crippen LogP contribution in [0.4, 0.5) is 5.69 Å². The summed E-state index contributed by atoms with van der Waals surface area (Å²) in [6.45, 7) is 0. The number of amides is 2. The molecule has 20 heavy (non-hydrogen) atoms. The lowest BCUT2D eigenvalue weighted by Gasteiger charge is -2.21. The SMILES string of the molecule is CN(C)C(=O)c1cccc(NC(=O)C2CCCCC2)c1. The average molecular weight is 274 g/mol. The van der Waals surface area contributed by atoms with E-state index in [1.165, 1.54) is 11.3 Å². The van der Waals surface area contributed by atoms with E-state index in [0.717, 1.165) is 25.7 Å². The minimum Gasteiger partial charge on any atom is -0.345 e. The van der Waals surface area contributed by atoms with Crippen molar-refractivity contribution in [3.05, 3.63) is 29.8 Å². The summed E-state index contributed by atoms with van der Waals surface area (Å²) in [4.78, 5) is 25.6. The summed E-state index contributed by atoms with van der Waals surface area (Å²) in [5, 5.41) is 2.94. The molecule has 1 saturated carbocycles. The van der Waals surface area contributed by atoms with Crippen LogP contribution in [0.15, 0.2) is 24.3 Å². The molecule has 1 aromatic rings. The first-order valence-corrected chi connectivity index (χ1v) is 7.20. The number of carbonyl (C=O) groups excluding carboxylic acids is 2. The zero-order valence-electron chi connectivity index (χ0n) is 12.2. The lowest BCUT2D eigenvalue weighted by Crippen LogP contribution is -2.25. The van der Waals surface area contributed by atoms with E-state index >= 15 is 0 Å². The summed E-state index contributed by atoms with van der Waals surface area (Å²) >= 11 is 0. The van der Waals surface area contributed by atoms with Crippen LogP contribution in [0.25, 0.3) is 0 Å². The van der Waals surface area contributed by atoms with E-state index in [1.807, 2.05) is 6.07 Å². The Hall–Kier alpha value is -1.84. The van der Waals surface area contributed by atoms with Crippen LogP contribution in [0.3, 0.4) is 0 Å². The molecule has 0 aliphatic heterocycles. The Kier molecular flexibility index (Phi) is 4.77. The number of nitrogens with one attached hydrogen (secondary N) is 1. The number of nitrogens with zero attached hydrogens (tertiary/aromatic N) is 1. The lowest BCUT2D eigenvalue weighted by atomic mass is 9.88. The van der Waals surface area contributed by atoms with Crippen molar-refractivity contribution in [2.75, 3.05) is 19.4 Å². The molecule has 2 amide bonds. The molecule has 1 aliphatic rings. The Morgan fingerprint density at radius 2 is 1.85 bits per heavy atom. The number of anilines is 1. The largest absolute Gasteiger partial charge is 0.345 e. The van der Waals surface area contributed by atoms with Crippen molar-refractivity contribution in [3.8, 4) is 0 Å². The Labute approximate surface area is 120 Å². The molecular formula is C16H22N2O2. The Bertz CT molecular complexity index is 491. The minimum absolute atomic E-state index is 0.0567. The summed E-state index contributed by atoms with van der Waals surface area (Å²) in [6, 6.07) is 7.13. The first-order valence-electron chi connectivity index (χ1n) is 7.20. The van der Waals surface area contributed by atoms with Gasteiger partial charge in [-0.25, -0.2) is 0 Å². The van der Waals surface area contributed by atoms with E-state index in [9.17, 15) is 9.59 Å². The first kappa shape index (κ1) is 14.6. The van der Waals surface area contributed by atoms with Crippen LogP contribution >= 0.6 is 0 Å². The minimum atomic E-state index is -0.0567. The molecule has 0 saturated heterocycles. The van der Waals surface area contributed by atoms with Gasteiger partial charge in [0.25, 0.3) is 5.91 Å². The predicted molar refractivity (Wildman–Crippen MR) is 79.7 cm³/mol. The third-order valence-electron chi connectivity index (χ3n) is 3.76. The molecule has 4 heteroatoms. The number of hydrogen-bond donors (Lipinski definition) is 1. The van der Waals surface area contributed by atoms with Gasteiger partial charge in [-0.3, -0.25) is 9.59 Å². The average Bonchev–Trinajstić information content (AvgIpc) is 2.47. The van der Waals surface area contributed by atoms with Gasteiger partial charge in [-0.1, -0.05) is 25.3 Å². The van der Waals surface area contributed by atoms with Gasteiger partial charge in [0.05, 0.1) is 0 Å². The first-order chi connectivity index (χ1) is 9.58. The van der Waals surface area contributed by atoms with Gasteiger partial charge in [0, 0.05) is 31.3 Å². The lowest BCUT2D eigenvalue weighted by molar-refractivity contribution is -0.120. The second-order valence-electron chi connectivity index (χ2n) is 5.60. The molecule has 1 N–H and O–H groups in total. The summed E-state index contributed by atoms with van der Waals surface area (Å²) in [5.74, 6) is 0.148. The van der Waals surface area contributed by atoms with Gasteiger partial charge in [-0.2, -0.15) is 0 Å². The summed E-state index contributed by atoms with van der Waals surface area (Å²) in [6.07, 6.45) is 5.45. The Balaban J connectivity index is 2.04. The fourth-order valence-corrected chi connectivity index (χ4v) is 2.60. The second-order valence-corrected chi connectivity index (χ2v) is 5.60. The molecule has 0 unspecified atom stereocenters. The van der Waals surface area contributed by atoms with Crippen LogP contribution in [0.5, 0.6) is 0 Å². The molecule has 2 rings (SSSR count). The molecule has 0 atom stereocenters. The molecule has 0 spiro atoms. The van der Waals surface area contributed by atoms with Crippen LogP contribution in [-0.4, -0.2) is 30.8 Å². The van der Waals surface area contributed by atoms with Crippen molar-refractivity contribution in [3.63, 3.8) is 0 Å². The number of rotatable bonds is 3. The highest BCUT2D eigenvalue weighted by molar-refractivity contribution is 5.97.